The average Bonchev–Trinajstić information content (AvgIpc) is 2.37. The van der Waals surface area contributed by atoms with Gasteiger partial charge in [0, 0.05) is 25.2 Å². The molecule has 0 atom stereocenters. The van der Waals surface area contributed by atoms with Crippen LogP contribution in [0.2, 0.25) is 0 Å². The molecule has 0 amide bonds. The smallest absolute Gasteiger partial charge is 0.292 e. The van der Waals surface area contributed by atoms with E-state index in [1.807, 2.05) is 13.8 Å². The Bertz CT molecular complexity index is 675. The highest BCUT2D eigenvalue weighted by atomic mass is 32.2. The summed E-state index contributed by atoms with van der Waals surface area (Å²) in [6.07, 6.45) is 0. The lowest BCUT2D eigenvalue weighted by molar-refractivity contribution is -0.388. The van der Waals surface area contributed by atoms with Crippen molar-refractivity contribution < 1.29 is 17.7 Å². The van der Waals surface area contributed by atoms with Gasteiger partial charge in [0.15, 0.2) is 4.90 Å². The van der Waals surface area contributed by atoms with Crippen molar-refractivity contribution in [3.8, 4) is 0 Å². The zero-order valence-corrected chi connectivity index (χ0v) is 12.5. The molecule has 9 heteroatoms. The Kier molecular flexibility index (Phi) is 4.00. The van der Waals surface area contributed by atoms with E-state index in [0.29, 0.717) is 12.6 Å². The number of rotatable bonds is 3. The number of sulfonamides is 1. The molecule has 0 aromatic heterocycles. The van der Waals surface area contributed by atoms with Crippen LogP contribution in [0.3, 0.4) is 0 Å². The van der Waals surface area contributed by atoms with Gasteiger partial charge in [-0.15, -0.1) is 0 Å². The van der Waals surface area contributed by atoms with Gasteiger partial charge < -0.3 is 5.32 Å². The Morgan fingerprint density at radius 1 is 1.43 bits per heavy atom. The van der Waals surface area contributed by atoms with Crippen molar-refractivity contribution in [2.75, 3.05) is 19.6 Å². The number of hydrogen-bond acceptors (Lipinski definition) is 5. The molecule has 1 fully saturated rings. The van der Waals surface area contributed by atoms with E-state index < -0.39 is 36.9 Å². The summed E-state index contributed by atoms with van der Waals surface area (Å²) in [4.78, 5) is 9.61. The van der Waals surface area contributed by atoms with Gasteiger partial charge >= 0.3 is 0 Å². The van der Waals surface area contributed by atoms with Gasteiger partial charge in [0.2, 0.25) is 10.0 Å². The molecule has 0 saturated carbocycles. The zero-order chi connectivity index (χ0) is 15.8. The Hall–Kier alpha value is -1.58. The normalized spacial score (nSPS) is 19.4. The van der Waals surface area contributed by atoms with E-state index in [1.54, 1.807) is 0 Å². The number of nitro benzene ring substituents is 1. The van der Waals surface area contributed by atoms with Gasteiger partial charge in [0.1, 0.15) is 5.82 Å². The van der Waals surface area contributed by atoms with Crippen molar-refractivity contribution in [3.05, 3.63) is 34.1 Å². The summed E-state index contributed by atoms with van der Waals surface area (Å²) in [6.45, 7) is 4.52. The predicted molar refractivity (Wildman–Crippen MR) is 73.9 cm³/mol. The molecule has 7 nitrogen and oxygen atoms in total. The molecule has 2 rings (SSSR count). The van der Waals surface area contributed by atoms with Crippen LogP contribution in [0.5, 0.6) is 0 Å². The van der Waals surface area contributed by atoms with Crippen LogP contribution in [-0.4, -0.2) is 42.8 Å². The Morgan fingerprint density at radius 2 is 2.10 bits per heavy atom. The van der Waals surface area contributed by atoms with E-state index in [-0.39, 0.29) is 13.1 Å². The first kappa shape index (κ1) is 15.8. The van der Waals surface area contributed by atoms with E-state index in [4.69, 9.17) is 0 Å². The summed E-state index contributed by atoms with van der Waals surface area (Å²) in [5.41, 5.74) is -1.17. The largest absolute Gasteiger partial charge is 0.309 e. The van der Waals surface area contributed by atoms with Crippen LogP contribution < -0.4 is 5.32 Å². The highest BCUT2D eigenvalue weighted by Crippen LogP contribution is 2.28. The van der Waals surface area contributed by atoms with Crippen molar-refractivity contribution in [1.29, 1.82) is 0 Å². The lowest BCUT2D eigenvalue weighted by Gasteiger charge is -2.38. The van der Waals surface area contributed by atoms with Crippen LogP contribution in [0, 0.1) is 15.9 Å². The Labute approximate surface area is 122 Å². The third kappa shape index (κ3) is 3.20. The first-order valence-electron chi connectivity index (χ1n) is 6.33. The quantitative estimate of drug-likeness (QED) is 0.666. The van der Waals surface area contributed by atoms with Crippen LogP contribution in [-0.2, 0) is 10.0 Å². The zero-order valence-electron chi connectivity index (χ0n) is 11.7. The molecule has 1 N–H and O–H groups in total. The van der Waals surface area contributed by atoms with E-state index in [9.17, 15) is 22.9 Å². The average molecular weight is 317 g/mol. The second-order valence-electron chi connectivity index (χ2n) is 5.52. The molecule has 21 heavy (non-hydrogen) atoms. The minimum absolute atomic E-state index is 0.184. The summed E-state index contributed by atoms with van der Waals surface area (Å²) in [7, 11) is -4.04. The van der Waals surface area contributed by atoms with Gasteiger partial charge in [0.05, 0.1) is 11.0 Å². The van der Waals surface area contributed by atoms with Crippen LogP contribution in [0.15, 0.2) is 23.1 Å². The van der Waals surface area contributed by atoms with Crippen LogP contribution in [0.4, 0.5) is 10.1 Å². The van der Waals surface area contributed by atoms with E-state index in [0.717, 1.165) is 12.1 Å². The van der Waals surface area contributed by atoms with Crippen molar-refractivity contribution in [3.63, 3.8) is 0 Å². The second kappa shape index (κ2) is 5.32. The molecule has 1 aliphatic rings. The van der Waals surface area contributed by atoms with Crippen molar-refractivity contribution in [2.45, 2.75) is 24.3 Å². The number of nitrogens with one attached hydrogen (secondary N) is 1. The van der Waals surface area contributed by atoms with Gasteiger partial charge in [0.25, 0.3) is 5.69 Å². The van der Waals surface area contributed by atoms with E-state index >= 15 is 0 Å². The maximum atomic E-state index is 13.1. The van der Waals surface area contributed by atoms with Gasteiger partial charge in [-0.25, -0.2) is 12.8 Å². The fourth-order valence-corrected chi connectivity index (χ4v) is 4.03. The third-order valence-electron chi connectivity index (χ3n) is 3.27. The number of benzene rings is 1. The van der Waals surface area contributed by atoms with Gasteiger partial charge in [-0.3, -0.25) is 10.1 Å². The summed E-state index contributed by atoms with van der Waals surface area (Å²) in [6, 6.07) is 2.48. The number of nitrogens with zero attached hydrogens (tertiary/aromatic N) is 2. The van der Waals surface area contributed by atoms with Crippen molar-refractivity contribution in [2.24, 2.45) is 0 Å². The molecule has 116 valence electrons. The van der Waals surface area contributed by atoms with E-state index in [1.165, 1.54) is 4.31 Å². The molecule has 0 radical (unpaired) electrons. The number of piperazine rings is 1. The first-order valence-corrected chi connectivity index (χ1v) is 7.77. The minimum atomic E-state index is -4.04. The molecule has 1 aliphatic heterocycles. The maximum Gasteiger partial charge on any atom is 0.292 e. The number of nitro groups is 1. The van der Waals surface area contributed by atoms with E-state index in [2.05, 4.69) is 5.32 Å². The summed E-state index contributed by atoms with van der Waals surface area (Å²) >= 11 is 0. The monoisotopic (exact) mass is 317 g/mol. The molecular weight excluding hydrogens is 301 g/mol. The molecule has 1 aromatic carbocycles. The van der Waals surface area contributed by atoms with Gasteiger partial charge in [-0.2, -0.15) is 4.31 Å². The summed E-state index contributed by atoms with van der Waals surface area (Å²) < 4.78 is 39.5. The molecule has 0 aliphatic carbocycles. The number of halogens is 1. The standard InChI is InChI=1S/C12H16FN3O4S/c1-12(2)8-15(6-5-14-12)21(19,20)11-4-3-9(13)7-10(11)16(17)18/h3-4,7,14H,5-6,8H2,1-2H3. The molecule has 0 unspecified atom stereocenters. The lowest BCUT2D eigenvalue weighted by Crippen LogP contribution is -2.58. The highest BCUT2D eigenvalue weighted by Gasteiger charge is 2.37. The molecule has 0 bridgehead atoms. The molecule has 1 heterocycles. The fraction of sp³-hybridized carbons (Fsp3) is 0.500. The third-order valence-corrected chi connectivity index (χ3v) is 5.16. The van der Waals surface area contributed by atoms with Gasteiger partial charge in [-0.1, -0.05) is 0 Å². The van der Waals surface area contributed by atoms with Crippen LogP contribution in [0.1, 0.15) is 13.8 Å². The SMILES string of the molecule is CC1(C)CN(S(=O)(=O)c2ccc(F)cc2[N+](=O)[O-])CCN1. The molecular formula is C12H16FN3O4S. The Balaban J connectivity index is 2.47. The first-order chi connectivity index (χ1) is 9.63. The molecule has 0 spiro atoms. The van der Waals surface area contributed by atoms with Crippen molar-refractivity contribution in [1.82, 2.24) is 9.62 Å². The minimum Gasteiger partial charge on any atom is -0.309 e. The van der Waals surface area contributed by atoms with Crippen molar-refractivity contribution >= 4 is 15.7 Å². The van der Waals surface area contributed by atoms with Gasteiger partial charge in [-0.05, 0) is 26.0 Å². The topological polar surface area (TPSA) is 92.5 Å². The Morgan fingerprint density at radius 3 is 2.67 bits per heavy atom. The molecule has 1 aromatic rings. The number of hydrogen-bond donors (Lipinski definition) is 1. The lowest BCUT2D eigenvalue weighted by atomic mass is 10.0. The van der Waals surface area contributed by atoms with Crippen LogP contribution >= 0.6 is 0 Å². The summed E-state index contributed by atoms with van der Waals surface area (Å²) in [5.74, 6) is -0.846. The van der Waals surface area contributed by atoms with Crippen LogP contribution in [0.25, 0.3) is 0 Å². The maximum absolute atomic E-state index is 13.1. The molecule has 1 saturated heterocycles. The summed E-state index contributed by atoms with van der Waals surface area (Å²) in [5, 5.41) is 14.1. The highest BCUT2D eigenvalue weighted by molar-refractivity contribution is 7.89. The fourth-order valence-electron chi connectivity index (χ4n) is 2.29. The second-order valence-corrected chi connectivity index (χ2v) is 7.42. The predicted octanol–water partition coefficient (Wildman–Crippen LogP) is 1.11.